The van der Waals surface area contributed by atoms with Gasteiger partial charge in [-0.3, -0.25) is 4.79 Å². The molecule has 31 heavy (non-hydrogen) atoms. The van der Waals surface area contributed by atoms with Crippen molar-refractivity contribution in [3.63, 3.8) is 0 Å². The number of nitrogens with one attached hydrogen (secondary N) is 1. The van der Waals surface area contributed by atoms with Crippen LogP contribution in [0.1, 0.15) is 54.0 Å². The summed E-state index contributed by atoms with van der Waals surface area (Å²) in [6, 6.07) is 9.53. The fraction of sp³-hybridized carbons (Fsp3) is 0.640. The lowest BCUT2D eigenvalue weighted by atomic mass is 9.94. The van der Waals surface area contributed by atoms with Gasteiger partial charge in [0.1, 0.15) is 5.60 Å². The van der Waals surface area contributed by atoms with Crippen molar-refractivity contribution < 1.29 is 24.1 Å². The first-order valence-electron chi connectivity index (χ1n) is 11.1. The lowest BCUT2D eigenvalue weighted by Crippen LogP contribution is -2.49. The molecule has 1 aromatic carbocycles. The third kappa shape index (κ3) is 5.37. The number of hydrogen-bond acceptors (Lipinski definition) is 6. The number of aliphatic hydroxyl groups is 1. The molecule has 172 valence electrons. The normalized spacial score (nSPS) is 21.8. The molecule has 0 bridgehead atoms. The highest BCUT2D eigenvalue weighted by atomic mass is 16.7. The van der Waals surface area contributed by atoms with E-state index in [1.807, 2.05) is 65.0 Å². The Balaban J connectivity index is 1.82. The maximum absolute atomic E-state index is 12.2. The lowest BCUT2D eigenvalue weighted by molar-refractivity contribution is -0.230. The van der Waals surface area contributed by atoms with Gasteiger partial charge >= 0.3 is 5.97 Å². The molecule has 0 aromatic heterocycles. The fourth-order valence-electron chi connectivity index (χ4n) is 4.00. The van der Waals surface area contributed by atoms with E-state index in [4.69, 9.17) is 14.2 Å². The number of ether oxygens (including phenoxy) is 3. The Morgan fingerprint density at radius 2 is 1.74 bits per heavy atom. The number of carbonyl (C=O) groups is 1. The molecule has 1 aliphatic carbocycles. The lowest BCUT2D eigenvalue weighted by Gasteiger charge is -2.38. The second kappa shape index (κ2) is 8.66. The minimum Gasteiger partial charge on any atom is -0.459 e. The van der Waals surface area contributed by atoms with Gasteiger partial charge in [0.25, 0.3) is 0 Å². The summed E-state index contributed by atoms with van der Waals surface area (Å²) < 4.78 is 17.9. The Kier molecular flexibility index (Phi) is 6.68. The van der Waals surface area contributed by atoms with Crippen LogP contribution in [0.5, 0.6) is 0 Å². The molecule has 2 N–H and O–H groups in total. The SMILES string of the molecule is CC(C)[C@H](NCC(=O)OC(C)(C)C)C(O)C1=C(c2ccccc2)C12OCC(C)(C)CO2. The highest BCUT2D eigenvalue weighted by Crippen LogP contribution is 2.59. The molecule has 0 amide bonds. The van der Waals surface area contributed by atoms with Crippen molar-refractivity contribution >= 4 is 11.5 Å². The standard InChI is InChI=1S/C25H37NO5/c1-16(2)21(26-13-18(27)31-23(3,4)5)22(28)20-19(17-11-9-8-10-12-17)25(20)29-14-24(6,7)15-30-25/h8-12,16,21-22,26,28H,13-15H2,1-7H3/t21-,22?/m0/s1. The molecule has 3 rings (SSSR count). The maximum atomic E-state index is 12.2. The van der Waals surface area contributed by atoms with Crippen LogP contribution in [0.4, 0.5) is 0 Å². The first kappa shape index (κ1) is 23.9. The fourth-order valence-corrected chi connectivity index (χ4v) is 4.00. The molecule has 6 nitrogen and oxygen atoms in total. The van der Waals surface area contributed by atoms with E-state index < -0.39 is 17.5 Å². The molecule has 1 heterocycles. The van der Waals surface area contributed by atoms with Crippen LogP contribution in [0.15, 0.2) is 35.9 Å². The van der Waals surface area contributed by atoms with Crippen LogP contribution in [0, 0.1) is 11.3 Å². The van der Waals surface area contributed by atoms with Crippen LogP contribution in [0.3, 0.4) is 0 Å². The van der Waals surface area contributed by atoms with Gasteiger partial charge in [-0.05, 0) is 32.3 Å². The van der Waals surface area contributed by atoms with E-state index in [1.54, 1.807) is 0 Å². The molecule has 2 aliphatic rings. The Labute approximate surface area is 186 Å². The minimum absolute atomic E-state index is 0.0207. The summed E-state index contributed by atoms with van der Waals surface area (Å²) in [6.45, 7) is 14.8. The number of esters is 1. The summed E-state index contributed by atoms with van der Waals surface area (Å²) in [5.74, 6) is -1.27. The molecular formula is C25H37NO5. The number of benzene rings is 1. The Hall–Kier alpha value is -1.73. The predicted octanol–water partition coefficient (Wildman–Crippen LogP) is 3.54. The molecule has 1 fully saturated rings. The summed E-state index contributed by atoms with van der Waals surface area (Å²) >= 11 is 0. The third-order valence-corrected chi connectivity index (χ3v) is 5.54. The van der Waals surface area contributed by atoms with Crippen molar-refractivity contribution in [3.8, 4) is 0 Å². The second-order valence-electron chi connectivity index (χ2n) is 10.7. The average Bonchev–Trinajstić information content (AvgIpc) is 3.31. The molecule has 2 atom stereocenters. The maximum Gasteiger partial charge on any atom is 0.320 e. The van der Waals surface area contributed by atoms with Crippen molar-refractivity contribution in [2.24, 2.45) is 11.3 Å². The van der Waals surface area contributed by atoms with Crippen LogP contribution >= 0.6 is 0 Å². The van der Waals surface area contributed by atoms with E-state index >= 15 is 0 Å². The number of rotatable bonds is 7. The first-order valence-corrected chi connectivity index (χ1v) is 11.1. The van der Waals surface area contributed by atoms with Gasteiger partial charge in [0, 0.05) is 22.6 Å². The minimum atomic E-state index is -0.989. The third-order valence-electron chi connectivity index (χ3n) is 5.54. The van der Waals surface area contributed by atoms with Gasteiger partial charge in [0.2, 0.25) is 5.79 Å². The van der Waals surface area contributed by atoms with Gasteiger partial charge in [0.15, 0.2) is 0 Å². The topological polar surface area (TPSA) is 77.0 Å². The van der Waals surface area contributed by atoms with Crippen LogP contribution in [-0.2, 0) is 19.0 Å². The summed E-state index contributed by atoms with van der Waals surface area (Å²) in [5.41, 5.74) is 1.97. The Bertz CT molecular complexity index is 812. The van der Waals surface area contributed by atoms with Gasteiger partial charge in [0.05, 0.1) is 25.9 Å². The van der Waals surface area contributed by atoms with E-state index in [-0.39, 0.29) is 29.9 Å². The van der Waals surface area contributed by atoms with E-state index in [0.717, 1.165) is 16.7 Å². The predicted molar refractivity (Wildman–Crippen MR) is 120 cm³/mol. The molecule has 0 radical (unpaired) electrons. The van der Waals surface area contributed by atoms with Gasteiger partial charge in [-0.15, -0.1) is 0 Å². The quantitative estimate of drug-likeness (QED) is 0.643. The zero-order chi connectivity index (χ0) is 23.0. The molecule has 1 aromatic rings. The first-order chi connectivity index (χ1) is 14.4. The van der Waals surface area contributed by atoms with Crippen LogP contribution in [-0.4, -0.2) is 54.4 Å². The summed E-state index contributed by atoms with van der Waals surface area (Å²) in [7, 11) is 0. The Morgan fingerprint density at radius 1 is 1.16 bits per heavy atom. The molecule has 1 aliphatic heterocycles. The second-order valence-corrected chi connectivity index (χ2v) is 10.7. The summed E-state index contributed by atoms with van der Waals surface area (Å²) in [6.07, 6.45) is -0.862. The van der Waals surface area contributed by atoms with E-state index in [1.165, 1.54) is 0 Å². The largest absolute Gasteiger partial charge is 0.459 e. The monoisotopic (exact) mass is 431 g/mol. The van der Waals surface area contributed by atoms with Crippen molar-refractivity contribution in [1.29, 1.82) is 0 Å². The van der Waals surface area contributed by atoms with Gasteiger partial charge in [-0.1, -0.05) is 58.0 Å². The zero-order valence-corrected chi connectivity index (χ0v) is 19.8. The highest BCUT2D eigenvalue weighted by molar-refractivity contribution is 5.92. The smallest absolute Gasteiger partial charge is 0.320 e. The summed E-state index contributed by atoms with van der Waals surface area (Å²) in [5, 5.41) is 14.6. The summed E-state index contributed by atoms with van der Waals surface area (Å²) in [4.78, 5) is 12.2. The van der Waals surface area contributed by atoms with Crippen LogP contribution < -0.4 is 5.32 Å². The van der Waals surface area contributed by atoms with E-state index in [0.29, 0.717) is 13.2 Å². The molecular weight excluding hydrogens is 394 g/mol. The number of aliphatic hydroxyl groups excluding tert-OH is 1. The molecule has 1 unspecified atom stereocenters. The van der Waals surface area contributed by atoms with E-state index in [2.05, 4.69) is 19.2 Å². The molecule has 6 heteroatoms. The van der Waals surface area contributed by atoms with Crippen molar-refractivity contribution in [1.82, 2.24) is 5.32 Å². The molecule has 0 saturated carbocycles. The number of hydrogen-bond donors (Lipinski definition) is 2. The van der Waals surface area contributed by atoms with Crippen molar-refractivity contribution in [2.75, 3.05) is 19.8 Å². The Morgan fingerprint density at radius 3 is 2.26 bits per heavy atom. The van der Waals surface area contributed by atoms with Crippen molar-refractivity contribution in [2.45, 2.75) is 72.0 Å². The zero-order valence-electron chi connectivity index (χ0n) is 19.8. The molecule has 1 saturated heterocycles. The van der Waals surface area contributed by atoms with E-state index in [9.17, 15) is 9.90 Å². The average molecular weight is 432 g/mol. The van der Waals surface area contributed by atoms with Gasteiger partial charge in [-0.25, -0.2) is 0 Å². The number of carbonyl (C=O) groups excluding carboxylic acids is 1. The molecule has 1 spiro atoms. The van der Waals surface area contributed by atoms with Gasteiger partial charge in [-0.2, -0.15) is 0 Å². The van der Waals surface area contributed by atoms with Crippen LogP contribution in [0.25, 0.3) is 5.57 Å². The van der Waals surface area contributed by atoms with Crippen molar-refractivity contribution in [3.05, 3.63) is 41.5 Å². The van der Waals surface area contributed by atoms with Gasteiger partial charge < -0.3 is 24.6 Å². The van der Waals surface area contributed by atoms with Crippen LogP contribution in [0.2, 0.25) is 0 Å². The highest BCUT2D eigenvalue weighted by Gasteiger charge is 2.63.